The lowest BCUT2D eigenvalue weighted by atomic mass is 10.0. The van der Waals surface area contributed by atoms with Crippen LogP contribution in [0.2, 0.25) is 0 Å². The zero-order valence-electron chi connectivity index (χ0n) is 17.1. The fourth-order valence-corrected chi connectivity index (χ4v) is 3.78. The van der Waals surface area contributed by atoms with Crippen LogP contribution in [0.1, 0.15) is 19.8 Å². The third-order valence-electron chi connectivity index (χ3n) is 5.19. The third kappa shape index (κ3) is 4.40. The Bertz CT molecular complexity index is 1020. The Morgan fingerprint density at radius 1 is 1.07 bits per heavy atom. The van der Waals surface area contributed by atoms with Gasteiger partial charge in [0.25, 0.3) is 0 Å². The van der Waals surface area contributed by atoms with E-state index in [1.807, 2.05) is 55.6 Å². The van der Waals surface area contributed by atoms with Crippen molar-refractivity contribution in [3.05, 3.63) is 79.0 Å². The molecule has 4 rings (SSSR count). The minimum absolute atomic E-state index is 0.106. The number of carbonyl (C=O) groups is 1. The lowest BCUT2D eigenvalue weighted by Gasteiger charge is -2.24. The van der Waals surface area contributed by atoms with Gasteiger partial charge in [0.2, 0.25) is 0 Å². The zero-order chi connectivity index (χ0) is 20.8. The van der Waals surface area contributed by atoms with Gasteiger partial charge in [0.1, 0.15) is 5.82 Å². The summed E-state index contributed by atoms with van der Waals surface area (Å²) in [6.45, 7) is 3.07. The first-order valence-electron chi connectivity index (χ1n) is 10.4. The predicted molar refractivity (Wildman–Crippen MR) is 119 cm³/mol. The number of ether oxygens (including phenoxy) is 1. The van der Waals surface area contributed by atoms with Crippen LogP contribution in [-0.4, -0.2) is 35.1 Å². The largest absolute Gasteiger partial charge is 0.463 e. The van der Waals surface area contributed by atoms with E-state index in [0.29, 0.717) is 6.61 Å². The van der Waals surface area contributed by atoms with Crippen molar-refractivity contribution >= 4 is 11.8 Å². The molecule has 2 heterocycles. The van der Waals surface area contributed by atoms with Crippen molar-refractivity contribution in [2.24, 2.45) is 0 Å². The Kier molecular flexibility index (Phi) is 6.18. The summed E-state index contributed by atoms with van der Waals surface area (Å²) in [6, 6.07) is 20.4. The van der Waals surface area contributed by atoms with Crippen molar-refractivity contribution < 1.29 is 9.53 Å². The van der Waals surface area contributed by atoms with Crippen LogP contribution in [0.15, 0.2) is 79.0 Å². The SMILES string of the molecule is CCOC(=O)C=C[C@H]1CCCN1c1cnc(-c2ccccc2)c(-c2ccccc2)n1. The Morgan fingerprint density at radius 2 is 1.73 bits per heavy atom. The normalized spacial score (nSPS) is 16.2. The van der Waals surface area contributed by atoms with Crippen LogP contribution < -0.4 is 4.90 Å². The van der Waals surface area contributed by atoms with Gasteiger partial charge < -0.3 is 9.64 Å². The van der Waals surface area contributed by atoms with E-state index in [9.17, 15) is 4.79 Å². The highest BCUT2D eigenvalue weighted by Gasteiger charge is 2.25. The molecule has 0 N–H and O–H groups in total. The highest BCUT2D eigenvalue weighted by Crippen LogP contribution is 2.32. The summed E-state index contributed by atoms with van der Waals surface area (Å²) < 4.78 is 5.01. The molecule has 0 aliphatic carbocycles. The number of nitrogens with zero attached hydrogens (tertiary/aromatic N) is 3. The summed E-state index contributed by atoms with van der Waals surface area (Å²) in [5.41, 5.74) is 3.79. The van der Waals surface area contributed by atoms with E-state index in [-0.39, 0.29) is 12.0 Å². The Hall–Kier alpha value is -3.47. The summed E-state index contributed by atoms with van der Waals surface area (Å²) in [6.07, 6.45) is 7.29. The number of aromatic nitrogens is 2. The molecule has 0 spiro atoms. The fraction of sp³-hybridized carbons (Fsp3) is 0.240. The van der Waals surface area contributed by atoms with E-state index < -0.39 is 0 Å². The van der Waals surface area contributed by atoms with Crippen molar-refractivity contribution in [3.8, 4) is 22.5 Å². The second kappa shape index (κ2) is 9.35. The Balaban J connectivity index is 1.70. The first-order valence-corrected chi connectivity index (χ1v) is 10.4. The predicted octanol–water partition coefficient (Wildman–Crippen LogP) is 4.90. The molecule has 5 heteroatoms. The van der Waals surface area contributed by atoms with Crippen LogP contribution in [0.5, 0.6) is 0 Å². The quantitative estimate of drug-likeness (QED) is 0.436. The molecule has 0 amide bonds. The van der Waals surface area contributed by atoms with Crippen molar-refractivity contribution in [3.63, 3.8) is 0 Å². The van der Waals surface area contributed by atoms with E-state index in [1.54, 1.807) is 0 Å². The van der Waals surface area contributed by atoms with Crippen molar-refractivity contribution in [2.45, 2.75) is 25.8 Å². The van der Waals surface area contributed by atoms with Gasteiger partial charge >= 0.3 is 5.97 Å². The van der Waals surface area contributed by atoms with Crippen molar-refractivity contribution in [1.82, 2.24) is 9.97 Å². The minimum atomic E-state index is -0.306. The van der Waals surface area contributed by atoms with Gasteiger partial charge in [-0.25, -0.2) is 9.78 Å². The molecule has 0 unspecified atom stereocenters. The summed E-state index contributed by atoms with van der Waals surface area (Å²) >= 11 is 0. The molecule has 1 saturated heterocycles. The van der Waals surface area contributed by atoms with Gasteiger partial charge in [-0.1, -0.05) is 66.7 Å². The van der Waals surface area contributed by atoms with Gasteiger partial charge in [-0.05, 0) is 19.8 Å². The van der Waals surface area contributed by atoms with E-state index in [2.05, 4.69) is 29.2 Å². The molecular formula is C25H25N3O2. The van der Waals surface area contributed by atoms with E-state index in [0.717, 1.165) is 47.7 Å². The van der Waals surface area contributed by atoms with Gasteiger partial charge in [0.05, 0.1) is 24.2 Å². The maximum Gasteiger partial charge on any atom is 0.330 e. The molecule has 1 atom stereocenters. The van der Waals surface area contributed by atoms with Crippen LogP contribution in [0.3, 0.4) is 0 Å². The first kappa shape index (κ1) is 19.8. The van der Waals surface area contributed by atoms with Crippen molar-refractivity contribution in [2.75, 3.05) is 18.1 Å². The zero-order valence-corrected chi connectivity index (χ0v) is 17.1. The highest BCUT2D eigenvalue weighted by molar-refractivity contribution is 5.82. The smallest absolute Gasteiger partial charge is 0.330 e. The van der Waals surface area contributed by atoms with Crippen LogP contribution in [0.25, 0.3) is 22.5 Å². The Morgan fingerprint density at radius 3 is 2.40 bits per heavy atom. The molecule has 1 aliphatic heterocycles. The summed E-state index contributed by atoms with van der Waals surface area (Å²) in [5, 5.41) is 0. The highest BCUT2D eigenvalue weighted by atomic mass is 16.5. The van der Waals surface area contributed by atoms with Crippen LogP contribution in [-0.2, 0) is 9.53 Å². The average Bonchev–Trinajstić information content (AvgIpc) is 3.27. The molecule has 5 nitrogen and oxygen atoms in total. The molecule has 1 fully saturated rings. The number of esters is 1. The monoisotopic (exact) mass is 399 g/mol. The maximum absolute atomic E-state index is 11.7. The van der Waals surface area contributed by atoms with Gasteiger partial charge in [0.15, 0.2) is 0 Å². The van der Waals surface area contributed by atoms with E-state index in [1.165, 1.54) is 6.08 Å². The standard InChI is InChI=1S/C25H25N3O2/c1-2-30-23(29)16-15-21-14-9-17-28(21)22-18-26-24(19-10-5-3-6-11-19)25(27-22)20-12-7-4-8-13-20/h3-8,10-13,15-16,18,21H,2,9,14,17H2,1H3/t21-/m1/s1. The van der Waals surface area contributed by atoms with Crippen LogP contribution in [0, 0.1) is 0 Å². The number of rotatable bonds is 6. The number of anilines is 1. The summed E-state index contributed by atoms with van der Waals surface area (Å²) in [5.74, 6) is 0.518. The number of benzene rings is 2. The molecule has 1 aromatic heterocycles. The van der Waals surface area contributed by atoms with E-state index >= 15 is 0 Å². The molecule has 3 aromatic rings. The number of hydrogen-bond donors (Lipinski definition) is 0. The Labute approximate surface area is 177 Å². The molecule has 2 aromatic carbocycles. The fourth-order valence-electron chi connectivity index (χ4n) is 3.78. The summed E-state index contributed by atoms with van der Waals surface area (Å²) in [4.78, 5) is 23.8. The topological polar surface area (TPSA) is 55.3 Å². The van der Waals surface area contributed by atoms with Gasteiger partial charge in [-0.2, -0.15) is 0 Å². The number of hydrogen-bond acceptors (Lipinski definition) is 5. The van der Waals surface area contributed by atoms with E-state index in [4.69, 9.17) is 14.7 Å². The third-order valence-corrected chi connectivity index (χ3v) is 5.19. The lowest BCUT2D eigenvalue weighted by Crippen LogP contribution is -2.28. The molecule has 30 heavy (non-hydrogen) atoms. The first-order chi connectivity index (χ1) is 14.8. The maximum atomic E-state index is 11.7. The van der Waals surface area contributed by atoms with Crippen molar-refractivity contribution in [1.29, 1.82) is 0 Å². The number of carbonyl (C=O) groups excluding carboxylic acids is 1. The molecule has 152 valence electrons. The molecule has 1 aliphatic rings. The second-order valence-corrected chi connectivity index (χ2v) is 7.17. The lowest BCUT2D eigenvalue weighted by molar-refractivity contribution is -0.137. The molecule has 0 bridgehead atoms. The van der Waals surface area contributed by atoms with Gasteiger partial charge in [-0.15, -0.1) is 0 Å². The minimum Gasteiger partial charge on any atom is -0.463 e. The van der Waals surface area contributed by atoms with Gasteiger partial charge in [-0.3, -0.25) is 4.98 Å². The molecular weight excluding hydrogens is 374 g/mol. The molecule has 0 radical (unpaired) electrons. The van der Waals surface area contributed by atoms with Crippen LogP contribution in [0.4, 0.5) is 5.82 Å². The van der Waals surface area contributed by atoms with Crippen LogP contribution >= 0.6 is 0 Å². The summed E-state index contributed by atoms with van der Waals surface area (Å²) in [7, 11) is 0. The molecule has 0 saturated carbocycles. The van der Waals surface area contributed by atoms with Gasteiger partial charge in [0, 0.05) is 29.8 Å². The second-order valence-electron chi connectivity index (χ2n) is 7.17. The average molecular weight is 399 g/mol.